The maximum Gasteiger partial charge on any atom is 0.197 e. The maximum atomic E-state index is 12.7. The molecule has 72 valence electrons. The Hall–Kier alpha value is -0.300. The van der Waals surface area contributed by atoms with Gasteiger partial charge in [0.1, 0.15) is 11.6 Å². The van der Waals surface area contributed by atoms with Gasteiger partial charge in [0, 0.05) is 0 Å². The maximum absolute atomic E-state index is 12.7. The Morgan fingerprint density at radius 1 is 1.38 bits per heavy atom. The second-order valence-corrected chi connectivity index (χ2v) is 3.65. The van der Waals surface area contributed by atoms with Gasteiger partial charge in [0.15, 0.2) is 27.2 Å². The molecule has 1 heterocycles. The molecule has 1 atom stereocenters. The molecule has 1 N–H and O–H groups in total. The molecular formula is C5H3Cl2FN2O2S. The van der Waals surface area contributed by atoms with Crippen molar-refractivity contribution in [1.29, 1.82) is 0 Å². The largest absolute Gasteiger partial charge is 0.306 e. The van der Waals surface area contributed by atoms with E-state index in [-0.39, 0.29) is 11.6 Å². The highest BCUT2D eigenvalue weighted by Crippen LogP contribution is 2.18. The van der Waals surface area contributed by atoms with Gasteiger partial charge in [0.25, 0.3) is 0 Å². The van der Waals surface area contributed by atoms with E-state index in [2.05, 4.69) is 9.97 Å². The highest BCUT2D eigenvalue weighted by atomic mass is 35.5. The average molecular weight is 245 g/mol. The van der Waals surface area contributed by atoms with Crippen LogP contribution >= 0.6 is 23.2 Å². The minimum absolute atomic E-state index is 0.0720. The Morgan fingerprint density at radius 2 is 1.85 bits per heavy atom. The van der Waals surface area contributed by atoms with Gasteiger partial charge in [-0.2, -0.15) is 0 Å². The Morgan fingerprint density at radius 3 is 2.23 bits per heavy atom. The zero-order valence-corrected chi connectivity index (χ0v) is 8.33. The average Bonchev–Trinajstić information content (AvgIpc) is 1.98. The molecule has 8 heteroatoms. The van der Waals surface area contributed by atoms with Crippen LogP contribution in [0.2, 0.25) is 10.3 Å². The number of hydrogen-bond acceptors (Lipinski definition) is 3. The first kappa shape index (κ1) is 10.8. The van der Waals surface area contributed by atoms with Gasteiger partial charge in [-0.3, -0.25) is 0 Å². The van der Waals surface area contributed by atoms with Crippen LogP contribution in [0.5, 0.6) is 0 Å². The Bertz CT molecular complexity index is 339. The van der Waals surface area contributed by atoms with Gasteiger partial charge in [-0.05, 0) is 0 Å². The number of nitrogens with zero attached hydrogens (tertiary/aromatic N) is 2. The van der Waals surface area contributed by atoms with E-state index in [1.807, 2.05) is 0 Å². The highest BCUT2D eigenvalue weighted by Gasteiger charge is 2.11. The second kappa shape index (κ2) is 4.28. The van der Waals surface area contributed by atoms with E-state index in [0.29, 0.717) is 0 Å². The van der Waals surface area contributed by atoms with Gasteiger partial charge in [-0.25, -0.2) is 18.6 Å². The van der Waals surface area contributed by atoms with E-state index in [9.17, 15) is 8.60 Å². The van der Waals surface area contributed by atoms with E-state index in [0.717, 1.165) is 0 Å². The van der Waals surface area contributed by atoms with Crippen LogP contribution in [0, 0.1) is 5.82 Å². The second-order valence-electron chi connectivity index (χ2n) is 2.00. The number of rotatable bonds is 2. The molecule has 0 aromatic carbocycles. The molecule has 1 unspecified atom stereocenters. The molecule has 0 radical (unpaired) electrons. The fraction of sp³-hybridized carbons (Fsp3) is 0.200. The van der Waals surface area contributed by atoms with Crippen LogP contribution in [-0.2, 0) is 16.8 Å². The molecule has 0 saturated carbocycles. The fourth-order valence-electron chi connectivity index (χ4n) is 0.610. The molecule has 0 saturated heterocycles. The molecule has 4 nitrogen and oxygen atoms in total. The van der Waals surface area contributed by atoms with Crippen LogP contribution in [0.25, 0.3) is 0 Å². The van der Waals surface area contributed by atoms with Crippen molar-refractivity contribution >= 4 is 34.3 Å². The molecule has 0 fully saturated rings. The van der Waals surface area contributed by atoms with Crippen LogP contribution in [0.15, 0.2) is 0 Å². The zero-order valence-electron chi connectivity index (χ0n) is 6.00. The van der Waals surface area contributed by atoms with Crippen molar-refractivity contribution in [2.24, 2.45) is 0 Å². The standard InChI is InChI=1S/C5H3Cl2FN2O2S/c6-4-3(8)5(7)10-2(9-4)1-13(11)12/h1H2,(H,11,12). The van der Waals surface area contributed by atoms with E-state index < -0.39 is 27.2 Å². The third-order valence-corrected chi connectivity index (χ3v) is 2.08. The smallest absolute Gasteiger partial charge is 0.197 e. The summed E-state index contributed by atoms with van der Waals surface area (Å²) in [6, 6.07) is 0. The van der Waals surface area contributed by atoms with Crippen LogP contribution < -0.4 is 0 Å². The summed E-state index contributed by atoms with van der Waals surface area (Å²) in [7, 11) is 0. The van der Waals surface area contributed by atoms with Crippen LogP contribution in [-0.4, -0.2) is 18.7 Å². The molecule has 0 aliphatic rings. The van der Waals surface area contributed by atoms with E-state index >= 15 is 0 Å². The van der Waals surface area contributed by atoms with Gasteiger partial charge < -0.3 is 4.55 Å². The van der Waals surface area contributed by atoms with Gasteiger partial charge in [-0.1, -0.05) is 23.2 Å². The first-order valence-electron chi connectivity index (χ1n) is 2.95. The molecular weight excluding hydrogens is 242 g/mol. The van der Waals surface area contributed by atoms with Crippen LogP contribution in [0.3, 0.4) is 0 Å². The molecule has 1 rings (SSSR count). The lowest BCUT2D eigenvalue weighted by Gasteiger charge is -1.99. The molecule has 0 aliphatic heterocycles. The molecule has 0 amide bonds. The predicted octanol–water partition coefficient (Wildman–Crippen LogP) is 1.64. The van der Waals surface area contributed by atoms with E-state index in [4.69, 9.17) is 27.8 Å². The first-order chi connectivity index (χ1) is 6.00. The van der Waals surface area contributed by atoms with Crippen molar-refractivity contribution in [1.82, 2.24) is 9.97 Å². The van der Waals surface area contributed by atoms with E-state index in [1.54, 1.807) is 0 Å². The van der Waals surface area contributed by atoms with E-state index in [1.165, 1.54) is 0 Å². The Labute approximate surface area is 85.4 Å². The summed E-state index contributed by atoms with van der Waals surface area (Å²) in [4.78, 5) is 6.83. The Balaban J connectivity index is 3.06. The van der Waals surface area contributed by atoms with Crippen molar-refractivity contribution in [2.75, 3.05) is 0 Å². The summed E-state index contributed by atoms with van der Waals surface area (Å²) in [5, 5.41) is -0.916. The summed E-state index contributed by atoms with van der Waals surface area (Å²) in [5.41, 5.74) is 0. The quantitative estimate of drug-likeness (QED) is 0.635. The molecule has 0 aliphatic carbocycles. The van der Waals surface area contributed by atoms with Crippen molar-refractivity contribution in [3.63, 3.8) is 0 Å². The Kier molecular flexibility index (Phi) is 3.55. The van der Waals surface area contributed by atoms with Gasteiger partial charge >= 0.3 is 0 Å². The first-order valence-corrected chi connectivity index (χ1v) is 4.98. The van der Waals surface area contributed by atoms with Crippen molar-refractivity contribution in [3.05, 3.63) is 21.9 Å². The lowest BCUT2D eigenvalue weighted by Crippen LogP contribution is -2.02. The summed E-state index contributed by atoms with van der Waals surface area (Å²) in [5.74, 6) is -1.34. The monoisotopic (exact) mass is 244 g/mol. The van der Waals surface area contributed by atoms with Crippen molar-refractivity contribution in [3.8, 4) is 0 Å². The van der Waals surface area contributed by atoms with Gasteiger partial charge in [0.2, 0.25) is 0 Å². The summed E-state index contributed by atoms with van der Waals surface area (Å²) < 4.78 is 31.5. The topological polar surface area (TPSA) is 63.1 Å². The van der Waals surface area contributed by atoms with Crippen molar-refractivity contribution in [2.45, 2.75) is 5.75 Å². The minimum Gasteiger partial charge on any atom is -0.306 e. The highest BCUT2D eigenvalue weighted by molar-refractivity contribution is 7.78. The third-order valence-electron chi connectivity index (χ3n) is 1.07. The zero-order chi connectivity index (χ0) is 10.0. The van der Waals surface area contributed by atoms with Gasteiger partial charge in [-0.15, -0.1) is 0 Å². The summed E-state index contributed by atoms with van der Waals surface area (Å²) in [6.45, 7) is 0. The van der Waals surface area contributed by atoms with Gasteiger partial charge in [0.05, 0.1) is 0 Å². The summed E-state index contributed by atoms with van der Waals surface area (Å²) in [6.07, 6.45) is 0. The molecule has 0 bridgehead atoms. The SMILES string of the molecule is O=S(O)Cc1nc(Cl)c(F)c(Cl)n1. The normalized spacial score (nSPS) is 12.9. The minimum atomic E-state index is -2.10. The fourth-order valence-corrected chi connectivity index (χ4v) is 1.38. The molecule has 1 aromatic heterocycles. The lowest BCUT2D eigenvalue weighted by atomic mass is 10.6. The number of halogens is 3. The summed E-state index contributed by atoms with van der Waals surface area (Å²) >= 11 is 8.52. The van der Waals surface area contributed by atoms with Crippen LogP contribution in [0.1, 0.15) is 5.82 Å². The molecule has 1 aromatic rings. The number of hydrogen-bond donors (Lipinski definition) is 1. The predicted molar refractivity (Wildman–Crippen MR) is 46.5 cm³/mol. The third kappa shape index (κ3) is 2.84. The number of aromatic nitrogens is 2. The molecule has 13 heavy (non-hydrogen) atoms. The molecule has 0 spiro atoms. The van der Waals surface area contributed by atoms with Crippen molar-refractivity contribution < 1.29 is 13.2 Å². The lowest BCUT2D eigenvalue weighted by molar-refractivity contribution is 0.560. The van der Waals surface area contributed by atoms with Crippen LogP contribution in [0.4, 0.5) is 4.39 Å².